The van der Waals surface area contributed by atoms with Crippen LogP contribution in [-0.4, -0.2) is 123 Å². The monoisotopic (exact) mass is 706 g/mol. The van der Waals surface area contributed by atoms with E-state index in [0.29, 0.717) is 51.4 Å². The van der Waals surface area contributed by atoms with Crippen molar-refractivity contribution in [1.29, 1.82) is 0 Å². The van der Waals surface area contributed by atoms with Crippen LogP contribution >= 0.6 is 0 Å². The van der Waals surface area contributed by atoms with Crippen LogP contribution in [0.1, 0.15) is 113 Å². The van der Waals surface area contributed by atoms with Gasteiger partial charge in [-0.05, 0) is 91.7 Å². The van der Waals surface area contributed by atoms with Crippen LogP contribution in [0.15, 0.2) is 23.3 Å². The van der Waals surface area contributed by atoms with Crippen molar-refractivity contribution < 1.29 is 53.6 Å². The van der Waals surface area contributed by atoms with Gasteiger partial charge < -0.3 is 48.8 Å². The van der Waals surface area contributed by atoms with Gasteiger partial charge in [-0.3, -0.25) is 4.79 Å². The summed E-state index contributed by atoms with van der Waals surface area (Å²) in [6.45, 7) is 13.8. The van der Waals surface area contributed by atoms with E-state index in [0.717, 1.165) is 30.3 Å². The van der Waals surface area contributed by atoms with Gasteiger partial charge in [-0.2, -0.15) is 0 Å². The summed E-state index contributed by atoms with van der Waals surface area (Å²) >= 11 is 0. The lowest BCUT2D eigenvalue weighted by atomic mass is 9.78. The molecule has 17 atom stereocenters. The lowest BCUT2D eigenvalue weighted by Gasteiger charge is -2.54. The van der Waals surface area contributed by atoms with Crippen LogP contribution in [0.2, 0.25) is 0 Å². The van der Waals surface area contributed by atoms with E-state index in [9.17, 15) is 25.2 Å². The molecule has 0 saturated carbocycles. The fourth-order valence-electron chi connectivity index (χ4n) is 9.55. The third kappa shape index (κ3) is 7.56. The minimum atomic E-state index is -0.973. The number of aldehydes is 1. The Morgan fingerprint density at radius 2 is 1.50 bits per heavy atom. The largest absolute Gasteiger partial charge is 0.390 e. The van der Waals surface area contributed by atoms with Crippen LogP contribution in [0.3, 0.4) is 0 Å². The highest BCUT2D eigenvalue weighted by atomic mass is 16.6. The summed E-state index contributed by atoms with van der Waals surface area (Å²) in [4.78, 5) is 10.9. The van der Waals surface area contributed by atoms with Crippen molar-refractivity contribution >= 4 is 6.29 Å². The van der Waals surface area contributed by atoms with Gasteiger partial charge in [0, 0.05) is 31.6 Å². The van der Waals surface area contributed by atoms with Crippen LogP contribution < -0.4 is 0 Å². The first-order valence-electron chi connectivity index (χ1n) is 19.1. The predicted molar refractivity (Wildman–Crippen MR) is 184 cm³/mol. The number of carbonyl (C=O) groups is 1. The fourth-order valence-corrected chi connectivity index (χ4v) is 9.55. The van der Waals surface area contributed by atoms with E-state index < -0.39 is 53.4 Å². The van der Waals surface area contributed by atoms with Crippen molar-refractivity contribution in [3.8, 4) is 0 Å². The molecule has 6 rings (SSSR count). The highest BCUT2D eigenvalue weighted by Crippen LogP contribution is 2.48. The number of carbonyl (C=O) groups excluding carboxylic acids is 1. The zero-order valence-corrected chi connectivity index (χ0v) is 31.0. The fraction of sp³-hybridized carbons (Fsp3) is 0.872. The molecular weight excluding hydrogens is 644 g/mol. The first-order chi connectivity index (χ1) is 23.6. The Kier molecular flexibility index (Phi) is 11.4. The van der Waals surface area contributed by atoms with Crippen molar-refractivity contribution in [2.75, 3.05) is 0 Å². The molecule has 4 N–H and O–H groups in total. The van der Waals surface area contributed by atoms with Gasteiger partial charge in [0.1, 0.15) is 18.5 Å². The quantitative estimate of drug-likeness (QED) is 0.174. The second kappa shape index (κ2) is 14.9. The van der Waals surface area contributed by atoms with E-state index in [1.54, 1.807) is 6.08 Å². The minimum Gasteiger partial charge on any atom is -0.390 e. The van der Waals surface area contributed by atoms with Gasteiger partial charge in [0.05, 0.1) is 83.9 Å². The summed E-state index contributed by atoms with van der Waals surface area (Å²) in [7, 11) is 0. The number of allylic oxidation sites excluding steroid dienone is 4. The number of fused-ring (bicyclic) bond motifs is 4. The summed E-state index contributed by atoms with van der Waals surface area (Å²) in [5.41, 5.74) is -0.285. The molecular formula is C39H62O11. The number of rotatable bonds is 7. The van der Waals surface area contributed by atoms with Gasteiger partial charge in [-0.15, -0.1) is 0 Å². The summed E-state index contributed by atoms with van der Waals surface area (Å²) in [6, 6.07) is 0. The van der Waals surface area contributed by atoms with Crippen LogP contribution in [0.25, 0.3) is 0 Å². The molecule has 0 aliphatic carbocycles. The molecule has 6 heterocycles. The first-order valence-corrected chi connectivity index (χ1v) is 19.1. The van der Waals surface area contributed by atoms with E-state index in [-0.39, 0.29) is 48.6 Å². The van der Waals surface area contributed by atoms with Crippen molar-refractivity contribution in [2.45, 2.75) is 209 Å². The summed E-state index contributed by atoms with van der Waals surface area (Å²) in [5, 5.41) is 45.0. The SMILES string of the molecule is CC(=C\C=O)/C(C)=C/CC[C@@H]1O[C@@H]2C[C@@H]3O[C@](C)(C[C@H]4C[C@H](O)[C@@H]5O[C@@H]6C[C@H](O)[C@@H](C)O[C@@]6(C)CC[C@H]5O4)[C@@H](O)CC[C@@]3(C)O[C@H]2[C@@H](O)[C@@H]1C. The maximum atomic E-state index is 11.6. The molecule has 0 bridgehead atoms. The average molecular weight is 707 g/mol. The molecule has 6 fully saturated rings. The third-order valence-electron chi connectivity index (χ3n) is 13.2. The van der Waals surface area contributed by atoms with Gasteiger partial charge in [0.2, 0.25) is 0 Å². The zero-order valence-electron chi connectivity index (χ0n) is 31.0. The second-order valence-electron chi connectivity index (χ2n) is 17.0. The molecule has 0 amide bonds. The number of aliphatic hydroxyl groups is 4. The Hall–Kier alpha value is -1.25. The van der Waals surface area contributed by atoms with E-state index in [1.807, 2.05) is 48.5 Å². The Labute approximate surface area is 297 Å². The molecule has 0 unspecified atom stereocenters. The zero-order chi connectivity index (χ0) is 36.2. The van der Waals surface area contributed by atoms with E-state index in [1.165, 1.54) is 0 Å². The Morgan fingerprint density at radius 1 is 0.780 bits per heavy atom. The van der Waals surface area contributed by atoms with Gasteiger partial charge in [-0.1, -0.05) is 18.6 Å². The number of hydrogen-bond acceptors (Lipinski definition) is 11. The normalized spacial score (nSPS) is 51.7. The van der Waals surface area contributed by atoms with Crippen LogP contribution in [0.5, 0.6) is 0 Å². The third-order valence-corrected chi connectivity index (χ3v) is 13.2. The number of ether oxygens (including phenoxy) is 6. The molecule has 284 valence electrons. The highest BCUT2D eigenvalue weighted by molar-refractivity contribution is 5.67. The smallest absolute Gasteiger partial charge is 0.143 e. The molecule has 0 radical (unpaired) electrons. The van der Waals surface area contributed by atoms with E-state index in [2.05, 4.69) is 6.08 Å². The van der Waals surface area contributed by atoms with Crippen molar-refractivity contribution in [3.05, 3.63) is 23.3 Å². The maximum Gasteiger partial charge on any atom is 0.143 e. The lowest BCUT2D eigenvalue weighted by Crippen LogP contribution is -2.65. The first kappa shape index (κ1) is 38.5. The number of hydrogen-bond donors (Lipinski definition) is 4. The molecule has 0 aromatic carbocycles. The van der Waals surface area contributed by atoms with Crippen molar-refractivity contribution in [2.24, 2.45) is 5.92 Å². The van der Waals surface area contributed by atoms with Crippen LogP contribution in [0, 0.1) is 5.92 Å². The summed E-state index contributed by atoms with van der Waals surface area (Å²) in [5.74, 6) is -0.127. The van der Waals surface area contributed by atoms with Gasteiger partial charge in [0.25, 0.3) is 0 Å². The predicted octanol–water partition coefficient (Wildman–Crippen LogP) is 3.85. The van der Waals surface area contributed by atoms with Gasteiger partial charge in [-0.25, -0.2) is 0 Å². The molecule has 0 aromatic rings. The molecule has 50 heavy (non-hydrogen) atoms. The summed E-state index contributed by atoms with van der Waals surface area (Å²) in [6.07, 6.45) is 3.85. The molecule has 6 aliphatic rings. The number of aliphatic hydroxyl groups excluding tert-OH is 4. The minimum absolute atomic E-state index is 0.127. The molecule has 6 saturated heterocycles. The van der Waals surface area contributed by atoms with Gasteiger partial charge >= 0.3 is 0 Å². The average Bonchev–Trinajstić information content (AvgIpc) is 3.25. The molecule has 11 heteroatoms. The maximum absolute atomic E-state index is 11.6. The van der Waals surface area contributed by atoms with Gasteiger partial charge in [0.15, 0.2) is 0 Å². The Bertz CT molecular complexity index is 1270. The van der Waals surface area contributed by atoms with Crippen LogP contribution in [0.4, 0.5) is 0 Å². The lowest BCUT2D eigenvalue weighted by molar-refractivity contribution is -0.312. The molecule has 0 aromatic heterocycles. The topological polar surface area (TPSA) is 153 Å². The molecule has 6 aliphatic heterocycles. The molecule has 0 spiro atoms. The Morgan fingerprint density at radius 3 is 2.24 bits per heavy atom. The highest BCUT2D eigenvalue weighted by Gasteiger charge is 2.58. The standard InChI is InChI=1S/C39H62O11/c1-21(22(2)13-16-40)9-8-10-28-23(3)34(44)36-30(46-28)19-33-38(6,50-36)15-12-31(43)39(7,49-33)20-25-17-27(42)35-29(45-25)11-14-37(5)32(47-35)18-26(41)24(4)48-37/h9,13,16,23-36,41-44H,8,10-12,14-15,17-20H2,1-7H3/b21-9+,22-13+/t23-,24-,25-,26+,27+,28+,29-,30-,31+,32-,33+,34+,35+,36-,37+,38-,39-/m1/s1. The Balaban J connectivity index is 1.12. The summed E-state index contributed by atoms with van der Waals surface area (Å²) < 4.78 is 39.7. The van der Waals surface area contributed by atoms with Crippen molar-refractivity contribution in [3.63, 3.8) is 0 Å². The van der Waals surface area contributed by atoms with E-state index >= 15 is 0 Å². The second-order valence-corrected chi connectivity index (χ2v) is 17.0. The van der Waals surface area contributed by atoms with Crippen molar-refractivity contribution in [1.82, 2.24) is 0 Å². The molecule has 11 nitrogen and oxygen atoms in total. The van der Waals surface area contributed by atoms with Crippen LogP contribution in [-0.2, 0) is 33.2 Å². The van der Waals surface area contributed by atoms with E-state index in [4.69, 9.17) is 28.4 Å².